The normalized spacial score (nSPS) is 12.5. The molecule has 8 nitrogen and oxygen atoms in total. The molecule has 0 aliphatic rings. The predicted octanol–water partition coefficient (Wildman–Crippen LogP) is 4.27. The lowest BCUT2D eigenvalue weighted by atomic mass is 10.0. The number of ether oxygens (including phenoxy) is 1. The molecule has 0 heterocycles. The van der Waals surface area contributed by atoms with E-state index in [1.54, 1.807) is 0 Å². The number of hydrogen-bond donors (Lipinski definition) is 2. The molecule has 0 rings (SSSR count). The molecule has 0 aliphatic carbocycles. The van der Waals surface area contributed by atoms with Crippen molar-refractivity contribution in [3.8, 4) is 0 Å². The Kier molecular flexibility index (Phi) is 15.5. The summed E-state index contributed by atoms with van der Waals surface area (Å²) in [5.41, 5.74) is 0. The first-order chi connectivity index (χ1) is 13.7. The van der Waals surface area contributed by atoms with Crippen LogP contribution in [-0.4, -0.2) is 41.2 Å². The molecule has 0 saturated carbocycles. The topological polar surface area (TPSA) is 135 Å². The fourth-order valence-electron chi connectivity index (χ4n) is 2.98. The minimum atomic E-state index is -4.96. The molecule has 0 aromatic carbocycles. The zero-order chi connectivity index (χ0) is 22.1. The Bertz CT molecular complexity index is 585. The third kappa shape index (κ3) is 16.0. The van der Waals surface area contributed by atoms with E-state index in [0.717, 1.165) is 25.7 Å². The quantitative estimate of drug-likeness (QED) is 0.141. The summed E-state index contributed by atoms with van der Waals surface area (Å²) in [7, 11) is -4.96. The minimum Gasteiger partial charge on any atom is -0.481 e. The van der Waals surface area contributed by atoms with Crippen molar-refractivity contribution < 1.29 is 37.2 Å². The molecule has 0 radical (unpaired) electrons. The highest BCUT2D eigenvalue weighted by Gasteiger charge is 2.36. The van der Waals surface area contributed by atoms with Crippen molar-refractivity contribution in [3.63, 3.8) is 0 Å². The summed E-state index contributed by atoms with van der Waals surface area (Å²) in [6.07, 6.45) is 13.6. The van der Waals surface area contributed by atoms with Crippen LogP contribution in [0.5, 0.6) is 0 Å². The summed E-state index contributed by atoms with van der Waals surface area (Å²) in [6, 6.07) is 0. The molecule has 2 N–H and O–H groups in total. The van der Waals surface area contributed by atoms with Crippen molar-refractivity contribution in [2.24, 2.45) is 0 Å². The van der Waals surface area contributed by atoms with Gasteiger partial charge in [0.15, 0.2) is 5.25 Å². The molecule has 0 fully saturated rings. The van der Waals surface area contributed by atoms with E-state index < -0.39 is 39.7 Å². The van der Waals surface area contributed by atoms with Crippen LogP contribution in [0.4, 0.5) is 0 Å². The number of rotatable bonds is 18. The second kappa shape index (κ2) is 16.3. The third-order valence-electron chi connectivity index (χ3n) is 4.68. The monoisotopic (exact) mass is 436 g/mol. The molecule has 0 bridgehead atoms. The van der Waals surface area contributed by atoms with Crippen molar-refractivity contribution in [3.05, 3.63) is 0 Å². The van der Waals surface area contributed by atoms with E-state index >= 15 is 0 Å². The van der Waals surface area contributed by atoms with Crippen molar-refractivity contribution in [2.45, 2.75) is 108 Å². The van der Waals surface area contributed by atoms with Gasteiger partial charge in [0.1, 0.15) is 0 Å². The third-order valence-corrected chi connectivity index (χ3v) is 5.76. The standard InChI is InChI=1S/C20H36O8S/c1-2-3-4-5-6-7-8-9-10-11-12-13-14-15-19(23)28-20(24)17(16-18(21)22)29(25,26)27/h17H,2-16H2,1H3,(H,21,22)(H,25,26,27). The summed E-state index contributed by atoms with van der Waals surface area (Å²) in [6.45, 7) is 2.21. The van der Waals surface area contributed by atoms with Crippen molar-refractivity contribution in [2.75, 3.05) is 0 Å². The molecular formula is C20H36O8S. The summed E-state index contributed by atoms with van der Waals surface area (Å²) >= 11 is 0. The number of carbonyl (C=O) groups excluding carboxylic acids is 2. The average Bonchev–Trinajstić information content (AvgIpc) is 2.62. The highest BCUT2D eigenvalue weighted by Crippen LogP contribution is 2.13. The van der Waals surface area contributed by atoms with Gasteiger partial charge in [0, 0.05) is 6.42 Å². The highest BCUT2D eigenvalue weighted by atomic mass is 32.2. The van der Waals surface area contributed by atoms with Gasteiger partial charge in [-0.1, -0.05) is 84.0 Å². The van der Waals surface area contributed by atoms with Gasteiger partial charge in [-0.15, -0.1) is 0 Å². The number of carboxylic acids is 1. The first-order valence-electron chi connectivity index (χ1n) is 10.6. The number of unbranched alkanes of at least 4 members (excludes halogenated alkanes) is 12. The number of esters is 2. The number of carboxylic acid groups (broad SMARTS) is 1. The Hall–Kier alpha value is -1.48. The molecule has 0 amide bonds. The van der Waals surface area contributed by atoms with Gasteiger partial charge in [-0.05, 0) is 6.42 Å². The molecule has 1 unspecified atom stereocenters. The molecule has 170 valence electrons. The first-order valence-corrected chi connectivity index (χ1v) is 12.1. The molecule has 0 saturated heterocycles. The van der Waals surface area contributed by atoms with Gasteiger partial charge in [-0.2, -0.15) is 8.42 Å². The zero-order valence-corrected chi connectivity index (χ0v) is 18.3. The Morgan fingerprint density at radius 1 is 0.793 bits per heavy atom. The number of carbonyl (C=O) groups is 3. The molecule has 9 heteroatoms. The maximum atomic E-state index is 11.6. The summed E-state index contributed by atoms with van der Waals surface area (Å²) in [5.74, 6) is -4.08. The van der Waals surface area contributed by atoms with Crippen LogP contribution in [0.15, 0.2) is 0 Å². The van der Waals surface area contributed by atoms with Gasteiger partial charge in [0.25, 0.3) is 10.1 Å². The Labute approximate surface area is 174 Å². The Morgan fingerprint density at radius 3 is 1.59 bits per heavy atom. The lowest BCUT2D eigenvalue weighted by Crippen LogP contribution is -2.35. The van der Waals surface area contributed by atoms with Crippen LogP contribution in [0.2, 0.25) is 0 Å². The van der Waals surface area contributed by atoms with Gasteiger partial charge < -0.3 is 9.84 Å². The molecular weight excluding hydrogens is 400 g/mol. The van der Waals surface area contributed by atoms with Crippen molar-refractivity contribution in [1.82, 2.24) is 0 Å². The van der Waals surface area contributed by atoms with Crippen molar-refractivity contribution in [1.29, 1.82) is 0 Å². The largest absolute Gasteiger partial charge is 0.481 e. The molecule has 1 atom stereocenters. The van der Waals surface area contributed by atoms with E-state index in [2.05, 4.69) is 11.7 Å². The van der Waals surface area contributed by atoms with Crippen LogP contribution in [-0.2, 0) is 29.2 Å². The fraction of sp³-hybridized carbons (Fsp3) is 0.850. The predicted molar refractivity (Wildman–Crippen MR) is 109 cm³/mol. The first kappa shape index (κ1) is 27.5. The van der Waals surface area contributed by atoms with E-state index in [9.17, 15) is 22.8 Å². The van der Waals surface area contributed by atoms with Gasteiger partial charge >= 0.3 is 17.9 Å². The van der Waals surface area contributed by atoms with Crippen LogP contribution >= 0.6 is 0 Å². The average molecular weight is 437 g/mol. The molecule has 0 aromatic heterocycles. The molecule has 29 heavy (non-hydrogen) atoms. The lowest BCUT2D eigenvalue weighted by molar-refractivity contribution is -0.160. The van der Waals surface area contributed by atoms with Crippen LogP contribution in [0.25, 0.3) is 0 Å². The SMILES string of the molecule is CCCCCCCCCCCCCCCC(=O)OC(=O)C(CC(=O)O)S(=O)(=O)O. The summed E-state index contributed by atoms with van der Waals surface area (Å²) in [4.78, 5) is 33.8. The van der Waals surface area contributed by atoms with Crippen LogP contribution < -0.4 is 0 Å². The number of aliphatic carboxylic acids is 1. The summed E-state index contributed by atoms with van der Waals surface area (Å²) in [5, 5.41) is 6.30. The summed E-state index contributed by atoms with van der Waals surface area (Å²) < 4.78 is 35.4. The second-order valence-corrected chi connectivity index (χ2v) is 8.99. The van der Waals surface area contributed by atoms with E-state index in [1.807, 2.05) is 0 Å². The van der Waals surface area contributed by atoms with E-state index in [-0.39, 0.29) is 6.42 Å². The van der Waals surface area contributed by atoms with E-state index in [1.165, 1.54) is 51.4 Å². The van der Waals surface area contributed by atoms with Crippen LogP contribution in [0.1, 0.15) is 103 Å². The van der Waals surface area contributed by atoms with Gasteiger partial charge in [-0.3, -0.25) is 18.9 Å². The van der Waals surface area contributed by atoms with Gasteiger partial charge in [-0.25, -0.2) is 0 Å². The molecule has 0 spiro atoms. The zero-order valence-electron chi connectivity index (χ0n) is 17.4. The van der Waals surface area contributed by atoms with Crippen LogP contribution in [0, 0.1) is 0 Å². The van der Waals surface area contributed by atoms with Gasteiger partial charge in [0.05, 0.1) is 6.42 Å². The highest BCUT2D eigenvalue weighted by molar-refractivity contribution is 7.87. The van der Waals surface area contributed by atoms with E-state index in [4.69, 9.17) is 9.66 Å². The lowest BCUT2D eigenvalue weighted by Gasteiger charge is -2.10. The fourth-order valence-corrected chi connectivity index (χ4v) is 3.63. The van der Waals surface area contributed by atoms with Gasteiger partial charge in [0.2, 0.25) is 0 Å². The van der Waals surface area contributed by atoms with E-state index in [0.29, 0.717) is 6.42 Å². The Morgan fingerprint density at radius 2 is 1.21 bits per heavy atom. The minimum absolute atomic E-state index is 0.0607. The Balaban J connectivity index is 3.76. The van der Waals surface area contributed by atoms with Crippen molar-refractivity contribution >= 4 is 28.0 Å². The maximum Gasteiger partial charge on any atom is 0.335 e. The molecule has 0 aliphatic heterocycles. The molecule has 0 aromatic rings. The van der Waals surface area contributed by atoms with Crippen LogP contribution in [0.3, 0.4) is 0 Å². The number of hydrogen-bond acceptors (Lipinski definition) is 6. The second-order valence-electron chi connectivity index (χ2n) is 7.39. The maximum absolute atomic E-state index is 11.6. The smallest absolute Gasteiger partial charge is 0.335 e.